The summed E-state index contributed by atoms with van der Waals surface area (Å²) in [5, 5.41) is 14.8. The molecule has 8 heteroatoms. The highest BCUT2D eigenvalue weighted by Crippen LogP contribution is 2.14. The first kappa shape index (κ1) is 20.4. The maximum atomic E-state index is 12.0. The van der Waals surface area contributed by atoms with Crippen molar-refractivity contribution in [3.8, 4) is 0 Å². The standard InChI is InChI=1S/C17H26N4O4/c1-10(2)7-14(16(23)24)21(18)15(22)9-19-17(25)20-13-6-5-11(3)12(4)8-13/h5-6,8,10,14H,7,9,18H2,1-4H3,(H,23,24)(H2,19,20,25). The van der Waals surface area contributed by atoms with Crippen LogP contribution in [0.25, 0.3) is 0 Å². The number of urea groups is 1. The molecule has 25 heavy (non-hydrogen) atoms. The first-order valence-corrected chi connectivity index (χ1v) is 8.03. The fraction of sp³-hybridized carbons (Fsp3) is 0.471. The summed E-state index contributed by atoms with van der Waals surface area (Å²) in [6.07, 6.45) is 0.229. The summed E-state index contributed by atoms with van der Waals surface area (Å²) in [5.41, 5.74) is 2.73. The van der Waals surface area contributed by atoms with Crippen molar-refractivity contribution in [1.29, 1.82) is 0 Å². The molecule has 0 saturated heterocycles. The third-order valence-electron chi connectivity index (χ3n) is 3.77. The van der Waals surface area contributed by atoms with E-state index in [-0.39, 0.29) is 12.3 Å². The van der Waals surface area contributed by atoms with E-state index in [1.165, 1.54) is 0 Å². The number of hydrogen-bond donors (Lipinski definition) is 4. The number of carboxylic acid groups (broad SMARTS) is 1. The fourth-order valence-electron chi connectivity index (χ4n) is 2.20. The van der Waals surface area contributed by atoms with Crippen molar-refractivity contribution in [3.05, 3.63) is 29.3 Å². The van der Waals surface area contributed by atoms with Crippen LogP contribution in [-0.2, 0) is 9.59 Å². The zero-order chi connectivity index (χ0) is 19.1. The molecule has 1 aromatic carbocycles. The number of hydrogen-bond acceptors (Lipinski definition) is 4. The Morgan fingerprint density at radius 3 is 2.36 bits per heavy atom. The summed E-state index contributed by atoms with van der Waals surface area (Å²) in [7, 11) is 0. The van der Waals surface area contributed by atoms with Crippen molar-refractivity contribution in [1.82, 2.24) is 10.3 Å². The Morgan fingerprint density at radius 1 is 1.20 bits per heavy atom. The first-order valence-electron chi connectivity index (χ1n) is 8.03. The number of nitrogens with two attached hydrogens (primary N) is 1. The molecule has 0 aromatic heterocycles. The number of amides is 3. The predicted octanol–water partition coefficient (Wildman–Crippen LogP) is 1.63. The molecule has 8 nitrogen and oxygen atoms in total. The summed E-state index contributed by atoms with van der Waals surface area (Å²) in [6, 6.07) is 3.75. The number of benzene rings is 1. The number of rotatable bonds is 7. The molecule has 0 heterocycles. The molecular weight excluding hydrogens is 324 g/mol. The van der Waals surface area contributed by atoms with Crippen molar-refractivity contribution < 1.29 is 19.5 Å². The van der Waals surface area contributed by atoms with Crippen LogP contribution in [-0.4, -0.2) is 40.6 Å². The minimum Gasteiger partial charge on any atom is -0.480 e. The molecule has 0 aliphatic heterocycles. The van der Waals surface area contributed by atoms with E-state index in [4.69, 9.17) is 5.84 Å². The van der Waals surface area contributed by atoms with Crippen LogP contribution in [0.1, 0.15) is 31.4 Å². The highest BCUT2D eigenvalue weighted by atomic mass is 16.4. The second kappa shape index (κ2) is 9.03. The third kappa shape index (κ3) is 6.42. The second-order valence-electron chi connectivity index (χ2n) is 6.39. The SMILES string of the molecule is Cc1ccc(NC(=O)NCC(=O)N(N)C(CC(C)C)C(=O)O)cc1C. The van der Waals surface area contributed by atoms with Gasteiger partial charge in [0.15, 0.2) is 0 Å². The summed E-state index contributed by atoms with van der Waals surface area (Å²) in [6.45, 7) is 7.17. The average molecular weight is 350 g/mol. The Kier molecular flexibility index (Phi) is 7.38. The van der Waals surface area contributed by atoms with Gasteiger partial charge in [0.25, 0.3) is 5.91 Å². The van der Waals surface area contributed by atoms with Crippen LogP contribution in [0.2, 0.25) is 0 Å². The van der Waals surface area contributed by atoms with E-state index in [0.717, 1.165) is 11.1 Å². The van der Waals surface area contributed by atoms with Gasteiger partial charge in [0.05, 0.1) is 6.54 Å². The van der Waals surface area contributed by atoms with Crippen molar-refractivity contribution >= 4 is 23.6 Å². The molecule has 0 radical (unpaired) electrons. The molecule has 138 valence electrons. The number of hydrazine groups is 1. The van der Waals surface area contributed by atoms with Gasteiger partial charge in [0.2, 0.25) is 0 Å². The average Bonchev–Trinajstić information content (AvgIpc) is 2.52. The van der Waals surface area contributed by atoms with Gasteiger partial charge in [-0.05, 0) is 49.4 Å². The number of nitrogens with zero attached hydrogens (tertiary/aromatic N) is 1. The van der Waals surface area contributed by atoms with Crippen LogP contribution >= 0.6 is 0 Å². The Hall–Kier alpha value is -2.61. The van der Waals surface area contributed by atoms with Crippen molar-refractivity contribution in [2.75, 3.05) is 11.9 Å². The van der Waals surface area contributed by atoms with Crippen molar-refractivity contribution in [2.45, 2.75) is 40.2 Å². The lowest BCUT2D eigenvalue weighted by Gasteiger charge is -2.25. The highest BCUT2D eigenvalue weighted by Gasteiger charge is 2.28. The molecular formula is C17H26N4O4. The number of aryl methyl sites for hydroxylation is 2. The first-order chi connectivity index (χ1) is 11.6. The van der Waals surface area contributed by atoms with Crippen LogP contribution in [0.15, 0.2) is 18.2 Å². The van der Waals surface area contributed by atoms with Crippen LogP contribution in [0.3, 0.4) is 0 Å². The van der Waals surface area contributed by atoms with Crippen LogP contribution < -0.4 is 16.5 Å². The molecule has 0 fully saturated rings. The summed E-state index contributed by atoms with van der Waals surface area (Å²) in [4.78, 5) is 35.1. The molecule has 0 saturated carbocycles. The quantitative estimate of drug-likeness (QED) is 0.338. The van der Waals surface area contributed by atoms with E-state index in [0.29, 0.717) is 10.7 Å². The summed E-state index contributed by atoms with van der Waals surface area (Å²) < 4.78 is 0. The largest absolute Gasteiger partial charge is 0.480 e. The summed E-state index contributed by atoms with van der Waals surface area (Å²) >= 11 is 0. The number of aliphatic carboxylic acids is 1. The maximum absolute atomic E-state index is 12.0. The molecule has 0 spiro atoms. The Morgan fingerprint density at radius 2 is 1.84 bits per heavy atom. The smallest absolute Gasteiger partial charge is 0.328 e. The normalized spacial score (nSPS) is 11.8. The molecule has 1 unspecified atom stereocenters. The number of carbonyl (C=O) groups excluding carboxylic acids is 2. The van der Waals surface area contributed by atoms with Crippen molar-refractivity contribution in [3.63, 3.8) is 0 Å². The van der Waals surface area contributed by atoms with Gasteiger partial charge in [0, 0.05) is 5.69 Å². The van der Waals surface area contributed by atoms with E-state index in [1.54, 1.807) is 6.07 Å². The lowest BCUT2D eigenvalue weighted by atomic mass is 10.0. The number of anilines is 1. The van der Waals surface area contributed by atoms with E-state index >= 15 is 0 Å². The number of carbonyl (C=O) groups is 3. The molecule has 0 bridgehead atoms. The van der Waals surface area contributed by atoms with Gasteiger partial charge >= 0.3 is 12.0 Å². The van der Waals surface area contributed by atoms with E-state index < -0.39 is 30.5 Å². The van der Waals surface area contributed by atoms with Gasteiger partial charge < -0.3 is 15.7 Å². The Bertz CT molecular complexity index is 646. The van der Waals surface area contributed by atoms with Crippen LogP contribution in [0.5, 0.6) is 0 Å². The zero-order valence-corrected chi connectivity index (χ0v) is 15.0. The molecule has 0 aliphatic carbocycles. The third-order valence-corrected chi connectivity index (χ3v) is 3.77. The van der Waals surface area contributed by atoms with E-state index in [1.807, 2.05) is 39.8 Å². The molecule has 3 amide bonds. The number of nitrogens with one attached hydrogen (secondary N) is 2. The predicted molar refractivity (Wildman–Crippen MR) is 94.8 cm³/mol. The van der Waals surface area contributed by atoms with Gasteiger partial charge in [-0.15, -0.1) is 0 Å². The lowest BCUT2D eigenvalue weighted by Crippen LogP contribution is -2.53. The lowest BCUT2D eigenvalue weighted by molar-refractivity contribution is -0.150. The van der Waals surface area contributed by atoms with Crippen molar-refractivity contribution in [2.24, 2.45) is 11.8 Å². The van der Waals surface area contributed by atoms with E-state index in [9.17, 15) is 19.5 Å². The van der Waals surface area contributed by atoms with Gasteiger partial charge in [0.1, 0.15) is 6.04 Å². The van der Waals surface area contributed by atoms with Gasteiger partial charge in [-0.25, -0.2) is 15.4 Å². The zero-order valence-electron chi connectivity index (χ0n) is 15.0. The maximum Gasteiger partial charge on any atom is 0.328 e. The Balaban J connectivity index is 2.57. The van der Waals surface area contributed by atoms with Crippen LogP contribution in [0, 0.1) is 19.8 Å². The molecule has 5 N–H and O–H groups in total. The molecule has 1 atom stereocenters. The Labute approximate surface area is 147 Å². The molecule has 1 aromatic rings. The highest BCUT2D eigenvalue weighted by molar-refractivity contribution is 5.93. The van der Waals surface area contributed by atoms with Gasteiger partial charge in [-0.1, -0.05) is 19.9 Å². The van der Waals surface area contributed by atoms with E-state index in [2.05, 4.69) is 10.6 Å². The number of carboxylic acids is 1. The molecule has 0 aliphatic rings. The topological polar surface area (TPSA) is 125 Å². The minimum atomic E-state index is -1.18. The monoisotopic (exact) mass is 350 g/mol. The second-order valence-corrected chi connectivity index (χ2v) is 6.39. The molecule has 1 rings (SSSR count). The minimum absolute atomic E-state index is 0.0565. The van der Waals surface area contributed by atoms with Crippen LogP contribution in [0.4, 0.5) is 10.5 Å². The summed E-state index contributed by atoms with van der Waals surface area (Å²) in [5.74, 6) is 3.82. The fourth-order valence-corrected chi connectivity index (χ4v) is 2.20. The van der Waals surface area contributed by atoms with Gasteiger partial charge in [-0.2, -0.15) is 0 Å². The van der Waals surface area contributed by atoms with Gasteiger partial charge in [-0.3, -0.25) is 9.80 Å².